The molecule has 0 radical (unpaired) electrons. The van der Waals surface area contributed by atoms with Crippen LogP contribution in [-0.4, -0.2) is 34.1 Å². The number of halogens is 3. The number of carbonyl (C=O) groups is 1. The summed E-state index contributed by atoms with van der Waals surface area (Å²) in [4.78, 5) is 10.8. The monoisotopic (exact) mass is 327 g/mol. The molecule has 20 heavy (non-hydrogen) atoms. The number of hydrogen-bond acceptors (Lipinski definition) is 4. The molecule has 1 atom stereocenters. The van der Waals surface area contributed by atoms with Gasteiger partial charge in [0.15, 0.2) is 5.82 Å². The molecular weight excluding hydrogens is 316 g/mol. The lowest BCUT2D eigenvalue weighted by Gasteiger charge is -2.14. The molecule has 1 aromatic rings. The molecule has 1 unspecified atom stereocenters. The van der Waals surface area contributed by atoms with Crippen molar-refractivity contribution in [3.63, 3.8) is 0 Å². The van der Waals surface area contributed by atoms with Crippen LogP contribution in [0.1, 0.15) is 17.3 Å². The van der Waals surface area contributed by atoms with Gasteiger partial charge in [-0.1, -0.05) is 0 Å². The molecule has 0 aliphatic heterocycles. The average Bonchev–Trinajstić information content (AvgIpc) is 2.26. The van der Waals surface area contributed by atoms with Crippen LogP contribution in [0.5, 0.6) is 0 Å². The molecule has 0 aliphatic rings. The summed E-state index contributed by atoms with van der Waals surface area (Å²) in [5.41, 5.74) is -1.00. The second kappa shape index (κ2) is 6.47. The molecule has 1 N–H and O–H groups in total. The summed E-state index contributed by atoms with van der Waals surface area (Å²) in [6, 6.07) is 0.805. The third-order valence-corrected chi connectivity index (χ3v) is 3.68. The van der Waals surface area contributed by atoms with Gasteiger partial charge in [-0.25, -0.2) is 17.2 Å². The number of carbonyl (C=O) groups excluding carboxylic acids is 1. The molecule has 0 bridgehead atoms. The van der Waals surface area contributed by atoms with Crippen molar-refractivity contribution in [2.24, 2.45) is 0 Å². The van der Waals surface area contributed by atoms with E-state index in [1.807, 2.05) is 0 Å². The van der Waals surface area contributed by atoms with Gasteiger partial charge in [0.2, 0.25) is 0 Å². The van der Waals surface area contributed by atoms with E-state index in [9.17, 15) is 22.0 Å². The van der Waals surface area contributed by atoms with Crippen LogP contribution in [0.4, 0.5) is 8.78 Å². The van der Waals surface area contributed by atoms with Gasteiger partial charge in [-0.2, -0.15) is 0 Å². The quantitative estimate of drug-likeness (QED) is 0.835. The van der Waals surface area contributed by atoms with Crippen LogP contribution in [0.15, 0.2) is 17.0 Å². The first-order chi connectivity index (χ1) is 9.18. The third kappa shape index (κ3) is 3.87. The lowest BCUT2D eigenvalue weighted by Crippen LogP contribution is -2.36. The molecule has 9 heteroatoms. The largest absolute Gasteiger partial charge is 0.383 e. The summed E-state index contributed by atoms with van der Waals surface area (Å²) in [5.74, 6) is -3.80. The summed E-state index contributed by atoms with van der Waals surface area (Å²) in [6.07, 6.45) is 0. The van der Waals surface area contributed by atoms with E-state index in [2.05, 4.69) is 5.32 Å². The Morgan fingerprint density at radius 3 is 2.55 bits per heavy atom. The summed E-state index contributed by atoms with van der Waals surface area (Å²) in [6.45, 7) is 1.68. The number of amides is 1. The van der Waals surface area contributed by atoms with E-state index < -0.39 is 43.1 Å². The van der Waals surface area contributed by atoms with E-state index in [4.69, 9.17) is 15.4 Å². The zero-order valence-electron chi connectivity index (χ0n) is 10.6. The molecule has 112 valence electrons. The first kappa shape index (κ1) is 16.8. The highest BCUT2D eigenvalue weighted by Crippen LogP contribution is 2.23. The smallest absolute Gasteiger partial charge is 0.264 e. The fraction of sp³-hybridized carbons (Fsp3) is 0.364. The lowest BCUT2D eigenvalue weighted by molar-refractivity contribution is 0.0896. The van der Waals surface area contributed by atoms with Gasteiger partial charge in [-0.15, -0.1) is 0 Å². The highest BCUT2D eigenvalue weighted by molar-refractivity contribution is 8.13. The second-order valence-corrected chi connectivity index (χ2v) is 6.54. The topological polar surface area (TPSA) is 72.5 Å². The van der Waals surface area contributed by atoms with E-state index in [0.717, 1.165) is 0 Å². The van der Waals surface area contributed by atoms with Gasteiger partial charge in [0.25, 0.3) is 15.0 Å². The summed E-state index contributed by atoms with van der Waals surface area (Å²) in [7, 11) is 1.98. The van der Waals surface area contributed by atoms with Crippen molar-refractivity contribution in [3.05, 3.63) is 29.3 Å². The number of ether oxygens (including phenoxy) is 1. The van der Waals surface area contributed by atoms with Crippen LogP contribution in [0.2, 0.25) is 0 Å². The van der Waals surface area contributed by atoms with Gasteiger partial charge in [0.05, 0.1) is 6.61 Å². The van der Waals surface area contributed by atoms with Crippen LogP contribution in [-0.2, 0) is 13.8 Å². The van der Waals surface area contributed by atoms with Gasteiger partial charge in [0.1, 0.15) is 16.3 Å². The van der Waals surface area contributed by atoms with E-state index in [1.165, 1.54) is 7.11 Å². The third-order valence-electron chi connectivity index (χ3n) is 2.34. The molecule has 0 saturated carbocycles. The van der Waals surface area contributed by atoms with Crippen molar-refractivity contribution < 1.29 is 26.7 Å². The van der Waals surface area contributed by atoms with Gasteiger partial charge in [-0.05, 0) is 19.1 Å². The standard InChI is InChI=1S/C11H12ClF2NO4S/c1-6(5-19-2)15-11(16)9-7(13)3-4-8(10(9)14)20(12,17)18/h3-4,6H,5H2,1-2H3,(H,15,16). The minimum absolute atomic E-state index is 0.127. The van der Waals surface area contributed by atoms with Gasteiger partial charge in [0, 0.05) is 23.8 Å². The Morgan fingerprint density at radius 2 is 2.05 bits per heavy atom. The number of benzene rings is 1. The molecule has 0 aromatic heterocycles. The zero-order chi connectivity index (χ0) is 15.5. The maximum Gasteiger partial charge on any atom is 0.264 e. The van der Waals surface area contributed by atoms with Gasteiger partial charge >= 0.3 is 0 Å². The Balaban J connectivity index is 3.21. The highest BCUT2D eigenvalue weighted by Gasteiger charge is 2.26. The molecular formula is C11H12ClF2NO4S. The normalized spacial score (nSPS) is 13.1. The minimum atomic E-state index is -4.42. The van der Waals surface area contributed by atoms with Crippen molar-refractivity contribution in [1.82, 2.24) is 5.32 Å². The van der Waals surface area contributed by atoms with Crippen molar-refractivity contribution in [1.29, 1.82) is 0 Å². The Morgan fingerprint density at radius 1 is 1.45 bits per heavy atom. The summed E-state index contributed by atoms with van der Waals surface area (Å²) >= 11 is 0. The van der Waals surface area contributed by atoms with Gasteiger partial charge in [-0.3, -0.25) is 4.79 Å². The fourth-order valence-electron chi connectivity index (χ4n) is 1.52. The van der Waals surface area contributed by atoms with Crippen LogP contribution in [0.25, 0.3) is 0 Å². The predicted molar refractivity (Wildman–Crippen MR) is 68.2 cm³/mol. The van der Waals surface area contributed by atoms with Crippen LogP contribution >= 0.6 is 10.7 Å². The molecule has 1 rings (SSSR count). The minimum Gasteiger partial charge on any atom is -0.383 e. The van der Waals surface area contributed by atoms with Crippen LogP contribution in [0.3, 0.4) is 0 Å². The predicted octanol–water partition coefficient (Wildman–Crippen LogP) is 1.66. The van der Waals surface area contributed by atoms with Crippen molar-refractivity contribution >= 4 is 25.6 Å². The number of rotatable bonds is 5. The zero-order valence-corrected chi connectivity index (χ0v) is 12.2. The van der Waals surface area contributed by atoms with Gasteiger partial charge < -0.3 is 10.1 Å². The molecule has 0 heterocycles. The summed E-state index contributed by atoms with van der Waals surface area (Å²) in [5, 5.41) is 2.28. The Bertz CT molecular complexity index is 621. The molecule has 1 amide bonds. The SMILES string of the molecule is COCC(C)NC(=O)c1c(F)ccc(S(=O)(=O)Cl)c1F. The lowest BCUT2D eigenvalue weighted by atomic mass is 10.1. The number of nitrogens with one attached hydrogen (secondary N) is 1. The Labute approximate surface area is 119 Å². The van der Waals surface area contributed by atoms with E-state index in [1.54, 1.807) is 6.92 Å². The molecule has 5 nitrogen and oxygen atoms in total. The first-order valence-corrected chi connectivity index (χ1v) is 7.72. The highest BCUT2D eigenvalue weighted by atomic mass is 35.7. The second-order valence-electron chi connectivity index (χ2n) is 4.00. The average molecular weight is 328 g/mol. The molecule has 0 saturated heterocycles. The number of hydrogen-bond donors (Lipinski definition) is 1. The van der Waals surface area contributed by atoms with Crippen LogP contribution < -0.4 is 5.32 Å². The Hall–Kier alpha value is -1.25. The first-order valence-electron chi connectivity index (χ1n) is 5.41. The van der Waals surface area contributed by atoms with E-state index >= 15 is 0 Å². The molecule has 0 fully saturated rings. The fourth-order valence-corrected chi connectivity index (χ4v) is 2.42. The molecule has 0 aliphatic carbocycles. The van der Waals surface area contributed by atoms with Crippen molar-refractivity contribution in [2.75, 3.05) is 13.7 Å². The van der Waals surface area contributed by atoms with Crippen molar-refractivity contribution in [2.45, 2.75) is 17.9 Å². The van der Waals surface area contributed by atoms with Crippen molar-refractivity contribution in [3.8, 4) is 0 Å². The maximum absolute atomic E-state index is 13.9. The van der Waals surface area contributed by atoms with E-state index in [0.29, 0.717) is 12.1 Å². The maximum atomic E-state index is 13.9. The Kier molecular flexibility index (Phi) is 5.43. The van der Waals surface area contributed by atoms with Crippen LogP contribution in [0, 0.1) is 11.6 Å². The summed E-state index contributed by atoms with van der Waals surface area (Å²) < 4.78 is 54.4. The van der Waals surface area contributed by atoms with E-state index in [-0.39, 0.29) is 6.61 Å². The number of methoxy groups -OCH3 is 1. The molecule has 0 spiro atoms. The molecule has 1 aromatic carbocycles.